The van der Waals surface area contributed by atoms with Crippen molar-refractivity contribution in [2.75, 3.05) is 13.2 Å². The SMILES string of the molecule is C=CC(=O)OC(COc1ccccc1)COc1c2ccccc2cc2ccc(C)cc12. The number of hydrogen-bond donors (Lipinski definition) is 0. The fraction of sp³-hybridized carbons (Fsp3) is 0.148. The summed E-state index contributed by atoms with van der Waals surface area (Å²) in [6.45, 7) is 5.87. The van der Waals surface area contributed by atoms with Crippen LogP contribution in [0.2, 0.25) is 0 Å². The van der Waals surface area contributed by atoms with Crippen LogP contribution in [0, 0.1) is 6.92 Å². The third-order valence-electron chi connectivity index (χ3n) is 5.01. The molecule has 156 valence electrons. The maximum Gasteiger partial charge on any atom is 0.330 e. The van der Waals surface area contributed by atoms with Crippen LogP contribution in [-0.2, 0) is 9.53 Å². The largest absolute Gasteiger partial charge is 0.490 e. The van der Waals surface area contributed by atoms with Crippen molar-refractivity contribution in [3.8, 4) is 11.5 Å². The number of carbonyl (C=O) groups excluding carboxylic acids is 1. The Morgan fingerprint density at radius 2 is 1.58 bits per heavy atom. The van der Waals surface area contributed by atoms with Crippen LogP contribution in [0.1, 0.15) is 5.56 Å². The number of hydrogen-bond acceptors (Lipinski definition) is 4. The number of esters is 1. The molecule has 1 unspecified atom stereocenters. The molecule has 0 heterocycles. The zero-order chi connectivity index (χ0) is 21.6. The van der Waals surface area contributed by atoms with Gasteiger partial charge in [-0.3, -0.25) is 0 Å². The van der Waals surface area contributed by atoms with Crippen molar-refractivity contribution in [1.82, 2.24) is 0 Å². The van der Waals surface area contributed by atoms with E-state index >= 15 is 0 Å². The van der Waals surface area contributed by atoms with Gasteiger partial charge >= 0.3 is 5.97 Å². The van der Waals surface area contributed by atoms with Gasteiger partial charge in [-0.15, -0.1) is 0 Å². The van der Waals surface area contributed by atoms with Crippen LogP contribution in [0.4, 0.5) is 0 Å². The molecule has 0 radical (unpaired) electrons. The van der Waals surface area contributed by atoms with E-state index in [1.165, 1.54) is 0 Å². The van der Waals surface area contributed by atoms with E-state index in [4.69, 9.17) is 14.2 Å². The quantitative estimate of drug-likeness (QED) is 0.207. The van der Waals surface area contributed by atoms with Crippen LogP contribution >= 0.6 is 0 Å². The summed E-state index contributed by atoms with van der Waals surface area (Å²) < 4.78 is 17.6. The number of para-hydroxylation sites is 1. The molecular weight excluding hydrogens is 388 g/mol. The second kappa shape index (κ2) is 9.35. The summed E-state index contributed by atoms with van der Waals surface area (Å²) in [7, 11) is 0. The summed E-state index contributed by atoms with van der Waals surface area (Å²) in [6.07, 6.45) is 0.552. The van der Waals surface area contributed by atoms with Gasteiger partial charge in [0.2, 0.25) is 0 Å². The first-order valence-corrected chi connectivity index (χ1v) is 10.2. The van der Waals surface area contributed by atoms with Gasteiger partial charge in [-0.1, -0.05) is 66.7 Å². The second-order valence-corrected chi connectivity index (χ2v) is 7.35. The maximum atomic E-state index is 11.9. The van der Waals surface area contributed by atoms with Gasteiger partial charge in [0.1, 0.15) is 24.7 Å². The average Bonchev–Trinajstić information content (AvgIpc) is 2.80. The number of carbonyl (C=O) groups is 1. The Morgan fingerprint density at radius 3 is 2.39 bits per heavy atom. The Hall–Kier alpha value is -3.79. The molecule has 4 aromatic carbocycles. The Morgan fingerprint density at radius 1 is 0.871 bits per heavy atom. The van der Waals surface area contributed by atoms with Crippen molar-refractivity contribution in [2.24, 2.45) is 0 Å². The van der Waals surface area contributed by atoms with E-state index in [0.29, 0.717) is 5.75 Å². The number of fused-ring (bicyclic) bond motifs is 2. The molecule has 4 heteroatoms. The summed E-state index contributed by atoms with van der Waals surface area (Å²) in [5, 5.41) is 4.23. The van der Waals surface area contributed by atoms with E-state index in [1.807, 2.05) is 48.5 Å². The molecule has 0 N–H and O–H groups in total. The third kappa shape index (κ3) is 4.86. The first-order valence-electron chi connectivity index (χ1n) is 10.2. The molecule has 0 saturated carbocycles. The Kier molecular flexibility index (Phi) is 6.18. The fourth-order valence-electron chi connectivity index (χ4n) is 3.50. The maximum absolute atomic E-state index is 11.9. The normalized spacial score (nSPS) is 11.8. The predicted molar refractivity (Wildman–Crippen MR) is 124 cm³/mol. The molecule has 0 amide bonds. The lowest BCUT2D eigenvalue weighted by Crippen LogP contribution is -2.30. The van der Waals surface area contributed by atoms with Crippen LogP contribution in [0.25, 0.3) is 21.5 Å². The second-order valence-electron chi connectivity index (χ2n) is 7.35. The Labute approximate surface area is 181 Å². The molecule has 4 nitrogen and oxygen atoms in total. The number of aryl methyl sites for hydroxylation is 1. The molecule has 0 fully saturated rings. The molecule has 1 atom stereocenters. The minimum absolute atomic E-state index is 0.156. The van der Waals surface area contributed by atoms with Gasteiger partial charge in [-0.2, -0.15) is 0 Å². The Balaban J connectivity index is 1.62. The molecule has 0 bridgehead atoms. The first-order chi connectivity index (χ1) is 15.1. The van der Waals surface area contributed by atoms with Crippen LogP contribution in [-0.4, -0.2) is 25.3 Å². The summed E-state index contributed by atoms with van der Waals surface area (Å²) in [4.78, 5) is 11.9. The van der Waals surface area contributed by atoms with Gasteiger partial charge < -0.3 is 14.2 Å². The van der Waals surface area contributed by atoms with E-state index in [2.05, 4.69) is 43.8 Å². The summed E-state index contributed by atoms with van der Waals surface area (Å²) in [5.41, 5.74) is 1.15. The molecule has 31 heavy (non-hydrogen) atoms. The van der Waals surface area contributed by atoms with Crippen molar-refractivity contribution in [2.45, 2.75) is 13.0 Å². The van der Waals surface area contributed by atoms with E-state index in [9.17, 15) is 4.79 Å². The molecule has 0 aliphatic heterocycles. The average molecular weight is 412 g/mol. The molecular formula is C27H24O4. The van der Waals surface area contributed by atoms with Gasteiger partial charge in [0.15, 0.2) is 6.10 Å². The molecule has 0 saturated heterocycles. The molecule has 0 aliphatic rings. The number of rotatable bonds is 8. The van der Waals surface area contributed by atoms with Crippen LogP contribution < -0.4 is 9.47 Å². The number of benzene rings is 4. The fourth-order valence-corrected chi connectivity index (χ4v) is 3.50. The van der Waals surface area contributed by atoms with Gasteiger partial charge in [0, 0.05) is 16.8 Å². The lowest BCUT2D eigenvalue weighted by Gasteiger charge is -2.20. The molecule has 0 spiro atoms. The van der Waals surface area contributed by atoms with Gasteiger partial charge in [0.25, 0.3) is 0 Å². The first kappa shape index (κ1) is 20.5. The van der Waals surface area contributed by atoms with Gasteiger partial charge in [-0.05, 0) is 42.0 Å². The van der Waals surface area contributed by atoms with E-state index in [0.717, 1.165) is 38.9 Å². The monoisotopic (exact) mass is 412 g/mol. The van der Waals surface area contributed by atoms with Crippen molar-refractivity contribution in [1.29, 1.82) is 0 Å². The lowest BCUT2D eigenvalue weighted by atomic mass is 10.0. The molecule has 0 aromatic heterocycles. The minimum Gasteiger partial charge on any atom is -0.490 e. The zero-order valence-corrected chi connectivity index (χ0v) is 17.4. The van der Waals surface area contributed by atoms with Crippen LogP contribution in [0.15, 0.2) is 91.5 Å². The van der Waals surface area contributed by atoms with Crippen molar-refractivity contribution in [3.63, 3.8) is 0 Å². The van der Waals surface area contributed by atoms with Crippen molar-refractivity contribution >= 4 is 27.5 Å². The topological polar surface area (TPSA) is 44.8 Å². The van der Waals surface area contributed by atoms with Crippen molar-refractivity contribution < 1.29 is 19.0 Å². The van der Waals surface area contributed by atoms with Crippen LogP contribution in [0.5, 0.6) is 11.5 Å². The highest BCUT2D eigenvalue weighted by Gasteiger charge is 2.17. The van der Waals surface area contributed by atoms with Crippen LogP contribution in [0.3, 0.4) is 0 Å². The molecule has 0 aliphatic carbocycles. The van der Waals surface area contributed by atoms with Gasteiger partial charge in [-0.25, -0.2) is 4.79 Å². The van der Waals surface area contributed by atoms with Crippen molar-refractivity contribution in [3.05, 3.63) is 97.1 Å². The van der Waals surface area contributed by atoms with Gasteiger partial charge in [0.05, 0.1) is 0 Å². The standard InChI is InChI=1S/C27H24O4/c1-3-26(28)31-23(17-29-22-10-5-4-6-11-22)18-30-27-24-12-8-7-9-20(24)16-21-14-13-19(2)15-25(21)27/h3-16,23H,1,17-18H2,2H3. The highest BCUT2D eigenvalue weighted by Crippen LogP contribution is 2.35. The molecule has 4 aromatic rings. The minimum atomic E-state index is -0.593. The highest BCUT2D eigenvalue weighted by atomic mass is 16.6. The summed E-state index contributed by atoms with van der Waals surface area (Å²) in [5.74, 6) is 0.966. The molecule has 4 rings (SSSR count). The summed E-state index contributed by atoms with van der Waals surface area (Å²) >= 11 is 0. The third-order valence-corrected chi connectivity index (χ3v) is 5.01. The predicted octanol–water partition coefficient (Wildman–Crippen LogP) is 5.86. The van der Waals surface area contributed by atoms with E-state index in [1.54, 1.807) is 0 Å². The van der Waals surface area contributed by atoms with E-state index in [-0.39, 0.29) is 13.2 Å². The summed E-state index contributed by atoms with van der Waals surface area (Å²) in [6, 6.07) is 26.0. The smallest absolute Gasteiger partial charge is 0.330 e. The highest BCUT2D eigenvalue weighted by molar-refractivity contribution is 6.05. The lowest BCUT2D eigenvalue weighted by molar-refractivity contribution is -0.146. The van der Waals surface area contributed by atoms with E-state index < -0.39 is 12.1 Å². The zero-order valence-electron chi connectivity index (χ0n) is 17.4. The Bertz CT molecular complexity index is 1210. The number of ether oxygens (including phenoxy) is 3.